The molecule has 0 amide bonds. The van der Waals surface area contributed by atoms with Gasteiger partial charge in [-0.3, -0.25) is 14.4 Å². The highest BCUT2D eigenvalue weighted by molar-refractivity contribution is 5.71. The highest BCUT2D eigenvalue weighted by Gasteiger charge is 2.19. The Kier molecular flexibility index (Phi) is 50.4. The van der Waals surface area contributed by atoms with Gasteiger partial charge in [0.15, 0.2) is 6.10 Å². The molecule has 0 bridgehead atoms. The van der Waals surface area contributed by atoms with Crippen LogP contribution in [0.2, 0.25) is 0 Å². The number of ether oxygens (including phenoxy) is 3. The molecule has 0 rings (SSSR count). The lowest BCUT2D eigenvalue weighted by Gasteiger charge is -2.18. The van der Waals surface area contributed by atoms with Crippen molar-refractivity contribution in [1.82, 2.24) is 0 Å². The van der Waals surface area contributed by atoms with Crippen molar-refractivity contribution >= 4 is 17.9 Å². The summed E-state index contributed by atoms with van der Waals surface area (Å²) in [4.78, 5) is 38.0. The van der Waals surface area contributed by atoms with Gasteiger partial charge in [0.25, 0.3) is 0 Å². The van der Waals surface area contributed by atoms with Crippen LogP contribution in [0.25, 0.3) is 0 Å². The average molecular weight is 895 g/mol. The molecule has 0 saturated heterocycles. The van der Waals surface area contributed by atoms with Crippen molar-refractivity contribution in [3.05, 3.63) is 60.8 Å². The van der Waals surface area contributed by atoms with E-state index in [4.69, 9.17) is 14.2 Å². The maximum atomic E-state index is 12.8. The number of hydrogen-bond acceptors (Lipinski definition) is 6. The quantitative estimate of drug-likeness (QED) is 0.0262. The molecule has 0 unspecified atom stereocenters. The highest BCUT2D eigenvalue weighted by atomic mass is 16.6. The van der Waals surface area contributed by atoms with Crippen LogP contribution in [0.5, 0.6) is 0 Å². The van der Waals surface area contributed by atoms with E-state index in [2.05, 4.69) is 81.5 Å². The van der Waals surface area contributed by atoms with Crippen LogP contribution in [-0.4, -0.2) is 37.2 Å². The van der Waals surface area contributed by atoms with Crippen LogP contribution >= 0.6 is 0 Å². The minimum Gasteiger partial charge on any atom is -0.462 e. The molecule has 370 valence electrons. The fraction of sp³-hybridized carbons (Fsp3) is 0.776. The molecule has 0 aromatic carbocycles. The van der Waals surface area contributed by atoms with Crippen molar-refractivity contribution in [2.45, 2.75) is 277 Å². The van der Waals surface area contributed by atoms with Gasteiger partial charge < -0.3 is 14.2 Å². The third-order valence-electron chi connectivity index (χ3n) is 11.7. The number of hydrogen-bond donors (Lipinski definition) is 0. The molecule has 0 aliphatic carbocycles. The number of esters is 3. The molecule has 0 radical (unpaired) electrons. The van der Waals surface area contributed by atoms with Crippen molar-refractivity contribution in [3.8, 4) is 0 Å². The normalized spacial score (nSPS) is 12.5. The molecular formula is C58H102O6. The summed E-state index contributed by atoms with van der Waals surface area (Å²) in [6, 6.07) is 0. The first-order valence-corrected chi connectivity index (χ1v) is 27.3. The first-order valence-electron chi connectivity index (χ1n) is 27.3. The fourth-order valence-electron chi connectivity index (χ4n) is 7.60. The lowest BCUT2D eigenvalue weighted by molar-refractivity contribution is -0.167. The Balaban J connectivity index is 4.41. The van der Waals surface area contributed by atoms with E-state index in [0.717, 1.165) is 89.9 Å². The van der Waals surface area contributed by atoms with Crippen LogP contribution in [0.3, 0.4) is 0 Å². The van der Waals surface area contributed by atoms with Crippen molar-refractivity contribution in [1.29, 1.82) is 0 Å². The molecule has 0 aromatic rings. The Labute approximate surface area is 396 Å². The van der Waals surface area contributed by atoms with Gasteiger partial charge in [0.05, 0.1) is 0 Å². The number of carbonyl (C=O) groups is 3. The first kappa shape index (κ1) is 61.1. The van der Waals surface area contributed by atoms with Crippen molar-refractivity contribution < 1.29 is 28.6 Å². The molecule has 64 heavy (non-hydrogen) atoms. The Morgan fingerprint density at radius 3 is 0.938 bits per heavy atom. The Hall–Kier alpha value is -2.89. The van der Waals surface area contributed by atoms with E-state index in [1.165, 1.54) is 141 Å². The molecule has 0 aliphatic rings. The molecular weight excluding hydrogens is 793 g/mol. The number of allylic oxidation sites excluding steroid dienone is 10. The van der Waals surface area contributed by atoms with Gasteiger partial charge in [0.1, 0.15) is 13.2 Å². The molecule has 6 nitrogen and oxygen atoms in total. The second-order valence-corrected chi connectivity index (χ2v) is 18.1. The second-order valence-electron chi connectivity index (χ2n) is 18.1. The number of unbranched alkanes of at least 4 members (excludes halogenated alkanes) is 28. The summed E-state index contributed by atoms with van der Waals surface area (Å²) in [7, 11) is 0. The zero-order valence-electron chi connectivity index (χ0n) is 42.3. The monoisotopic (exact) mass is 895 g/mol. The van der Waals surface area contributed by atoms with E-state index in [0.29, 0.717) is 19.3 Å². The topological polar surface area (TPSA) is 78.9 Å². The summed E-state index contributed by atoms with van der Waals surface area (Å²) in [5, 5.41) is 0. The van der Waals surface area contributed by atoms with Gasteiger partial charge in [-0.1, -0.05) is 223 Å². The minimum absolute atomic E-state index is 0.0869. The highest BCUT2D eigenvalue weighted by Crippen LogP contribution is 2.15. The van der Waals surface area contributed by atoms with Crippen molar-refractivity contribution in [3.63, 3.8) is 0 Å². The van der Waals surface area contributed by atoms with Gasteiger partial charge in [-0.05, 0) is 89.9 Å². The van der Waals surface area contributed by atoms with E-state index < -0.39 is 6.10 Å². The Bertz CT molecular complexity index is 1170. The minimum atomic E-state index is -0.788. The van der Waals surface area contributed by atoms with Crippen LogP contribution in [0.4, 0.5) is 0 Å². The van der Waals surface area contributed by atoms with Gasteiger partial charge in [0.2, 0.25) is 0 Å². The summed E-state index contributed by atoms with van der Waals surface area (Å²) in [6.07, 6.45) is 64.9. The van der Waals surface area contributed by atoms with Gasteiger partial charge in [-0.2, -0.15) is 0 Å². The summed E-state index contributed by atoms with van der Waals surface area (Å²) < 4.78 is 16.8. The molecule has 0 fully saturated rings. The fourth-order valence-corrected chi connectivity index (χ4v) is 7.60. The third-order valence-corrected chi connectivity index (χ3v) is 11.7. The van der Waals surface area contributed by atoms with Crippen LogP contribution in [0, 0.1) is 0 Å². The molecule has 0 aliphatic heterocycles. The summed E-state index contributed by atoms with van der Waals surface area (Å²) in [5.41, 5.74) is 0. The third kappa shape index (κ3) is 50.1. The maximum Gasteiger partial charge on any atom is 0.306 e. The summed E-state index contributed by atoms with van der Waals surface area (Å²) >= 11 is 0. The van der Waals surface area contributed by atoms with E-state index in [1.807, 2.05) is 0 Å². The predicted molar refractivity (Wildman–Crippen MR) is 275 cm³/mol. The molecule has 6 heteroatoms. The lowest BCUT2D eigenvalue weighted by atomic mass is 10.0. The van der Waals surface area contributed by atoms with Gasteiger partial charge in [-0.15, -0.1) is 0 Å². The second kappa shape index (κ2) is 52.7. The van der Waals surface area contributed by atoms with E-state index in [1.54, 1.807) is 0 Å². The van der Waals surface area contributed by atoms with E-state index in [9.17, 15) is 14.4 Å². The first-order chi connectivity index (χ1) is 31.5. The van der Waals surface area contributed by atoms with Crippen LogP contribution in [0.15, 0.2) is 60.8 Å². The van der Waals surface area contributed by atoms with Crippen LogP contribution in [0.1, 0.15) is 271 Å². The average Bonchev–Trinajstić information content (AvgIpc) is 3.29. The smallest absolute Gasteiger partial charge is 0.306 e. The molecule has 0 saturated carbocycles. The Morgan fingerprint density at radius 2 is 0.562 bits per heavy atom. The SMILES string of the molecule is CCCCC/C=C\C/C=C\C/C=C\C/C=C\CCCCCC(=O)OC[C@@H](COC(=O)CCCCCCC/C=C\CCCCC)OC(=O)CCCCCCCCCCCCCCCCC. The summed E-state index contributed by atoms with van der Waals surface area (Å²) in [6.45, 7) is 6.57. The molecule has 0 spiro atoms. The van der Waals surface area contributed by atoms with Gasteiger partial charge in [-0.25, -0.2) is 0 Å². The van der Waals surface area contributed by atoms with Crippen molar-refractivity contribution in [2.75, 3.05) is 13.2 Å². The van der Waals surface area contributed by atoms with Crippen LogP contribution < -0.4 is 0 Å². The molecule has 0 N–H and O–H groups in total. The zero-order valence-corrected chi connectivity index (χ0v) is 42.3. The van der Waals surface area contributed by atoms with Crippen LogP contribution in [-0.2, 0) is 28.6 Å². The van der Waals surface area contributed by atoms with Gasteiger partial charge in [0, 0.05) is 19.3 Å². The standard InChI is InChI=1S/C58H102O6/c1-4-7-10-13-16-19-22-25-27-28-29-30-32-33-36-39-42-45-48-51-57(60)63-54-55(53-62-56(59)50-47-44-41-38-35-24-21-18-15-12-9-6-3)64-58(61)52-49-46-43-40-37-34-31-26-23-20-17-14-11-8-5-2/h16,18-19,21,25,27,29-30,33,36,55H,4-15,17,20,22-24,26,28,31-32,34-35,37-54H2,1-3H3/b19-16-,21-18-,27-25-,30-29-,36-33-/t55-/m1/s1. The Morgan fingerprint density at radius 1 is 0.312 bits per heavy atom. The summed E-state index contributed by atoms with van der Waals surface area (Å²) in [5.74, 6) is -0.919. The lowest BCUT2D eigenvalue weighted by Crippen LogP contribution is -2.30. The number of rotatable bonds is 49. The van der Waals surface area contributed by atoms with Gasteiger partial charge >= 0.3 is 17.9 Å². The molecule has 0 aromatic heterocycles. The van der Waals surface area contributed by atoms with Crippen molar-refractivity contribution in [2.24, 2.45) is 0 Å². The predicted octanol–water partition coefficient (Wildman–Crippen LogP) is 18.0. The number of carbonyl (C=O) groups excluding carboxylic acids is 3. The largest absolute Gasteiger partial charge is 0.462 e. The van der Waals surface area contributed by atoms with E-state index in [-0.39, 0.29) is 31.1 Å². The maximum absolute atomic E-state index is 12.8. The zero-order chi connectivity index (χ0) is 46.5. The molecule has 1 atom stereocenters. The molecule has 0 heterocycles. The van der Waals surface area contributed by atoms with E-state index >= 15 is 0 Å².